The molecule has 0 bridgehead atoms. The van der Waals surface area contributed by atoms with Crippen LogP contribution in [0, 0.1) is 11.3 Å². The molecule has 1 amide bonds. The summed E-state index contributed by atoms with van der Waals surface area (Å²) in [6, 6.07) is 8.66. The van der Waals surface area contributed by atoms with Gasteiger partial charge in [0.05, 0.1) is 24.0 Å². The number of carbonyl (C=O) groups excluding carboxylic acids is 1. The molecule has 3 atom stereocenters. The Morgan fingerprint density at radius 1 is 1.26 bits per heavy atom. The highest BCUT2D eigenvalue weighted by molar-refractivity contribution is 7.97. The average Bonchev–Trinajstić information content (AvgIpc) is 3.11. The van der Waals surface area contributed by atoms with Crippen molar-refractivity contribution in [3.05, 3.63) is 41.6 Å². The van der Waals surface area contributed by atoms with Crippen LogP contribution in [0.3, 0.4) is 0 Å². The number of hydrogen-bond donors (Lipinski definition) is 1. The molecule has 3 aliphatic rings. The number of aliphatic hydroxyl groups excluding tert-OH is 1. The van der Waals surface area contributed by atoms with Gasteiger partial charge >= 0.3 is 0 Å². The van der Waals surface area contributed by atoms with E-state index in [1.54, 1.807) is 6.92 Å². The zero-order valence-electron chi connectivity index (χ0n) is 21.8. The smallest absolute Gasteiger partial charge is 0.219 e. The monoisotopic (exact) mass is 498 g/mol. The Labute approximate surface area is 215 Å². The molecule has 2 saturated heterocycles. The van der Waals surface area contributed by atoms with Gasteiger partial charge in [-0.3, -0.25) is 14.1 Å². The zero-order chi connectivity index (χ0) is 25.2. The molecule has 3 heterocycles. The Kier molecular flexibility index (Phi) is 8.29. The van der Waals surface area contributed by atoms with Crippen molar-refractivity contribution in [2.24, 2.45) is 16.3 Å². The number of nitrogens with zero attached hydrogens (tertiary/aromatic N) is 4. The van der Waals surface area contributed by atoms with Crippen molar-refractivity contribution in [1.29, 1.82) is 0 Å². The molecular weight excluding hydrogens is 456 g/mol. The molecule has 0 radical (unpaired) electrons. The van der Waals surface area contributed by atoms with E-state index < -0.39 is 6.10 Å². The van der Waals surface area contributed by atoms with Gasteiger partial charge < -0.3 is 14.9 Å². The maximum absolute atomic E-state index is 11.6. The fourth-order valence-electron chi connectivity index (χ4n) is 6.24. The second-order valence-electron chi connectivity index (χ2n) is 11.0. The summed E-state index contributed by atoms with van der Waals surface area (Å²) in [5.74, 6) is 0.339. The molecular formula is C28H42N4O2S. The quantitative estimate of drug-likeness (QED) is 0.431. The molecule has 0 spiro atoms. The third-order valence-corrected chi connectivity index (χ3v) is 9.87. The summed E-state index contributed by atoms with van der Waals surface area (Å²) in [5.41, 5.74) is 3.77. The van der Waals surface area contributed by atoms with E-state index in [2.05, 4.69) is 59.2 Å². The molecule has 3 aliphatic heterocycles. The van der Waals surface area contributed by atoms with Crippen LogP contribution < -0.4 is 0 Å². The Morgan fingerprint density at radius 2 is 1.91 bits per heavy atom. The summed E-state index contributed by atoms with van der Waals surface area (Å²) in [4.78, 5) is 19.9. The van der Waals surface area contributed by atoms with Crippen molar-refractivity contribution >= 4 is 30.3 Å². The summed E-state index contributed by atoms with van der Waals surface area (Å²) >= 11 is 2.02. The first-order valence-corrected chi connectivity index (χ1v) is 13.9. The van der Waals surface area contributed by atoms with Crippen molar-refractivity contribution in [3.63, 3.8) is 0 Å². The lowest BCUT2D eigenvalue weighted by Crippen LogP contribution is -2.42. The molecule has 0 saturated carbocycles. The predicted octanol–water partition coefficient (Wildman–Crippen LogP) is 4.82. The number of rotatable bonds is 7. The summed E-state index contributed by atoms with van der Waals surface area (Å²) in [6.07, 6.45) is 6.90. The first-order valence-electron chi connectivity index (χ1n) is 13.1. The summed E-state index contributed by atoms with van der Waals surface area (Å²) in [6.45, 7) is 13.7. The highest BCUT2D eigenvalue weighted by atomic mass is 32.2. The van der Waals surface area contributed by atoms with E-state index in [9.17, 15) is 9.90 Å². The van der Waals surface area contributed by atoms with Crippen LogP contribution in [0.1, 0.15) is 70.0 Å². The van der Waals surface area contributed by atoms with Gasteiger partial charge in [-0.2, -0.15) is 0 Å². The van der Waals surface area contributed by atoms with Gasteiger partial charge in [-0.05, 0) is 56.7 Å². The number of likely N-dealkylation sites (tertiary alicyclic amines) is 1. The number of amides is 1. The summed E-state index contributed by atoms with van der Waals surface area (Å²) < 4.78 is 2.56. The van der Waals surface area contributed by atoms with Crippen LogP contribution in [-0.4, -0.2) is 76.4 Å². The highest BCUT2D eigenvalue weighted by Crippen LogP contribution is 2.50. The number of benzene rings is 1. The SMILES string of the molecule is C=N/C=C1/c2ccccc2C(C(CC2(C)CCN(SC3CCN(C(C)=O)CC3)CC2)C(C)O)N1C. The average molecular weight is 499 g/mol. The second kappa shape index (κ2) is 11.1. The number of hydrogen-bond acceptors (Lipinski definition) is 6. The van der Waals surface area contributed by atoms with Crippen LogP contribution in [-0.2, 0) is 4.79 Å². The minimum absolute atomic E-state index is 0.134. The normalized spacial score (nSPS) is 26.0. The Morgan fingerprint density at radius 3 is 2.51 bits per heavy atom. The van der Waals surface area contributed by atoms with Crippen LogP contribution in [0.5, 0.6) is 0 Å². The Hall–Kier alpha value is -1.83. The van der Waals surface area contributed by atoms with Crippen molar-refractivity contribution in [2.75, 3.05) is 33.2 Å². The van der Waals surface area contributed by atoms with E-state index in [1.165, 1.54) is 11.1 Å². The van der Waals surface area contributed by atoms with Gasteiger partial charge in [0.25, 0.3) is 0 Å². The van der Waals surface area contributed by atoms with E-state index in [0.29, 0.717) is 5.25 Å². The standard InChI is InChI=1S/C28H42N4O2S/c1-20(33)25(27-24-9-7-6-8-23(24)26(19-29-4)30(27)5)18-28(3)12-16-32(17-13-28)35-22-10-14-31(15-11-22)21(2)34/h6-9,19-20,22,25,27,33H,4,10-18H2,1-3,5H3/b26-19-. The summed E-state index contributed by atoms with van der Waals surface area (Å²) in [5, 5.41) is 11.6. The molecule has 1 aromatic rings. The molecule has 6 nitrogen and oxygen atoms in total. The first-order chi connectivity index (χ1) is 16.7. The molecule has 1 N–H and O–H groups in total. The van der Waals surface area contributed by atoms with Gasteiger partial charge in [-0.25, -0.2) is 0 Å². The molecule has 2 fully saturated rings. The van der Waals surface area contributed by atoms with Crippen LogP contribution in [0.25, 0.3) is 5.70 Å². The number of fused-ring (bicyclic) bond motifs is 1. The van der Waals surface area contributed by atoms with E-state index in [-0.39, 0.29) is 23.3 Å². The third-order valence-electron chi connectivity index (χ3n) is 8.43. The number of carbonyl (C=O) groups is 1. The molecule has 0 aromatic heterocycles. The van der Waals surface area contributed by atoms with Gasteiger partial charge in [-0.15, -0.1) is 0 Å². The lowest BCUT2D eigenvalue weighted by Gasteiger charge is -2.44. The maximum Gasteiger partial charge on any atom is 0.219 e. The van der Waals surface area contributed by atoms with Crippen molar-refractivity contribution in [1.82, 2.24) is 14.1 Å². The van der Waals surface area contributed by atoms with Gasteiger partial charge in [0.2, 0.25) is 5.91 Å². The van der Waals surface area contributed by atoms with Crippen LogP contribution in [0.4, 0.5) is 0 Å². The largest absolute Gasteiger partial charge is 0.393 e. The second-order valence-corrected chi connectivity index (χ2v) is 12.4. The topological polar surface area (TPSA) is 59.4 Å². The lowest BCUT2D eigenvalue weighted by molar-refractivity contribution is -0.129. The predicted molar refractivity (Wildman–Crippen MR) is 146 cm³/mol. The molecule has 35 heavy (non-hydrogen) atoms. The van der Waals surface area contributed by atoms with Gasteiger partial charge in [0.15, 0.2) is 0 Å². The fraction of sp³-hybridized carbons (Fsp3) is 0.643. The molecule has 4 rings (SSSR count). The van der Waals surface area contributed by atoms with Gasteiger partial charge in [-0.1, -0.05) is 43.1 Å². The molecule has 192 valence electrons. The van der Waals surface area contributed by atoms with E-state index in [4.69, 9.17) is 0 Å². The molecule has 7 heteroatoms. The van der Waals surface area contributed by atoms with Crippen molar-refractivity contribution in [3.8, 4) is 0 Å². The fourth-order valence-corrected chi connectivity index (χ4v) is 7.48. The molecule has 0 aliphatic carbocycles. The number of aliphatic imine (C=N–C) groups is 1. The van der Waals surface area contributed by atoms with Gasteiger partial charge in [0.1, 0.15) is 0 Å². The Balaban J connectivity index is 1.39. The van der Waals surface area contributed by atoms with Crippen LogP contribution in [0.15, 0.2) is 35.5 Å². The van der Waals surface area contributed by atoms with Crippen molar-refractivity contribution < 1.29 is 9.90 Å². The summed E-state index contributed by atoms with van der Waals surface area (Å²) in [7, 11) is 2.12. The first kappa shape index (κ1) is 26.2. The molecule has 1 aromatic carbocycles. The highest BCUT2D eigenvalue weighted by Gasteiger charge is 2.43. The van der Waals surface area contributed by atoms with Gasteiger partial charge in [0, 0.05) is 56.9 Å². The van der Waals surface area contributed by atoms with Crippen molar-refractivity contribution in [2.45, 2.75) is 70.3 Å². The minimum atomic E-state index is -0.401. The van der Waals surface area contributed by atoms with E-state index >= 15 is 0 Å². The third kappa shape index (κ3) is 5.78. The number of aliphatic hydroxyl groups is 1. The van der Waals surface area contributed by atoms with Crippen LogP contribution >= 0.6 is 11.9 Å². The number of piperidine rings is 2. The van der Waals surface area contributed by atoms with E-state index in [1.807, 2.05) is 30.0 Å². The maximum atomic E-state index is 11.6. The lowest BCUT2D eigenvalue weighted by atomic mass is 9.70. The van der Waals surface area contributed by atoms with E-state index in [0.717, 1.165) is 64.0 Å². The Bertz CT molecular complexity index is 933. The zero-order valence-corrected chi connectivity index (χ0v) is 22.6. The molecule has 3 unspecified atom stereocenters. The minimum Gasteiger partial charge on any atom is -0.393 e. The van der Waals surface area contributed by atoms with Crippen LogP contribution in [0.2, 0.25) is 0 Å².